The van der Waals surface area contributed by atoms with Gasteiger partial charge in [-0.2, -0.15) is 0 Å². The number of hydrogen-bond acceptors (Lipinski definition) is 3. The number of aromatic nitrogens is 2. The van der Waals surface area contributed by atoms with E-state index >= 15 is 0 Å². The molecular weight excluding hydrogens is 572 g/mol. The minimum absolute atomic E-state index is 0.713. The van der Waals surface area contributed by atoms with Crippen molar-refractivity contribution in [3.05, 3.63) is 170 Å². The molecule has 0 spiro atoms. The highest BCUT2D eigenvalue weighted by Gasteiger charge is 2.14. The maximum absolute atomic E-state index is 6.29. The van der Waals surface area contributed by atoms with Crippen molar-refractivity contribution < 1.29 is 4.42 Å². The molecule has 0 aliphatic heterocycles. The lowest BCUT2D eigenvalue weighted by molar-refractivity contribution is 0.670. The van der Waals surface area contributed by atoms with Gasteiger partial charge in [-0.05, 0) is 39.6 Å². The smallest absolute Gasteiger partial charge is 0.160 e. The van der Waals surface area contributed by atoms with E-state index in [0.29, 0.717) is 5.82 Å². The van der Waals surface area contributed by atoms with Crippen LogP contribution in [0.5, 0.6) is 0 Å². The zero-order valence-electron chi connectivity index (χ0n) is 25.5. The number of para-hydroxylation sites is 2. The summed E-state index contributed by atoms with van der Waals surface area (Å²) in [7, 11) is 0. The lowest BCUT2D eigenvalue weighted by Crippen LogP contribution is -1.96. The van der Waals surface area contributed by atoms with E-state index in [1.54, 1.807) is 0 Å². The summed E-state index contributed by atoms with van der Waals surface area (Å²) < 4.78 is 6.29. The quantitative estimate of drug-likeness (QED) is 0.197. The van der Waals surface area contributed by atoms with Gasteiger partial charge in [0.25, 0.3) is 0 Å². The van der Waals surface area contributed by atoms with Crippen LogP contribution in [-0.2, 0) is 0 Å². The Kier molecular flexibility index (Phi) is 6.46. The van der Waals surface area contributed by atoms with Crippen molar-refractivity contribution in [2.24, 2.45) is 0 Å². The van der Waals surface area contributed by atoms with E-state index in [0.717, 1.165) is 72.3 Å². The van der Waals surface area contributed by atoms with Gasteiger partial charge in [-0.15, -0.1) is 0 Å². The predicted octanol–water partition coefficient (Wildman–Crippen LogP) is 11.9. The van der Waals surface area contributed by atoms with E-state index in [1.165, 1.54) is 10.8 Å². The molecule has 47 heavy (non-hydrogen) atoms. The molecule has 0 unspecified atom stereocenters. The molecule has 0 saturated carbocycles. The molecule has 0 bridgehead atoms. The largest absolute Gasteiger partial charge is 0.455 e. The van der Waals surface area contributed by atoms with Crippen molar-refractivity contribution in [3.63, 3.8) is 0 Å². The zero-order chi connectivity index (χ0) is 31.2. The summed E-state index contributed by atoms with van der Waals surface area (Å²) in [6, 6.07) is 59.1. The van der Waals surface area contributed by atoms with Crippen molar-refractivity contribution in [2.75, 3.05) is 0 Å². The van der Waals surface area contributed by atoms with Crippen LogP contribution in [0.4, 0.5) is 0 Å². The Bertz CT molecular complexity index is 2540. The van der Waals surface area contributed by atoms with Gasteiger partial charge in [0.15, 0.2) is 5.82 Å². The van der Waals surface area contributed by atoms with Gasteiger partial charge in [-0.25, -0.2) is 9.97 Å². The maximum Gasteiger partial charge on any atom is 0.160 e. The molecule has 0 N–H and O–H groups in total. The van der Waals surface area contributed by atoms with E-state index in [2.05, 4.69) is 140 Å². The fraction of sp³-hybridized carbons (Fsp3) is 0. The van der Waals surface area contributed by atoms with Crippen LogP contribution < -0.4 is 0 Å². The first-order chi connectivity index (χ1) is 23.3. The minimum atomic E-state index is 0.713. The number of hydrogen-bond donors (Lipinski definition) is 0. The topological polar surface area (TPSA) is 38.9 Å². The molecule has 0 amide bonds. The van der Waals surface area contributed by atoms with Crippen LogP contribution in [0.2, 0.25) is 0 Å². The van der Waals surface area contributed by atoms with Gasteiger partial charge in [0.05, 0.1) is 11.4 Å². The van der Waals surface area contributed by atoms with E-state index in [4.69, 9.17) is 14.4 Å². The summed E-state index contributed by atoms with van der Waals surface area (Å²) in [5, 5.41) is 4.65. The third-order valence-electron chi connectivity index (χ3n) is 8.94. The first kappa shape index (κ1) is 27.0. The Labute approximate surface area is 272 Å². The third kappa shape index (κ3) is 4.86. The summed E-state index contributed by atoms with van der Waals surface area (Å²) >= 11 is 0. The van der Waals surface area contributed by atoms with Gasteiger partial charge < -0.3 is 4.42 Å². The van der Waals surface area contributed by atoms with Crippen LogP contribution in [0.1, 0.15) is 0 Å². The molecule has 0 atom stereocenters. The summed E-state index contributed by atoms with van der Waals surface area (Å²) in [5.74, 6) is 0.713. The Hall–Kier alpha value is -6.32. The van der Waals surface area contributed by atoms with Gasteiger partial charge in [0.1, 0.15) is 11.2 Å². The van der Waals surface area contributed by atoms with E-state index in [-0.39, 0.29) is 0 Å². The first-order valence-corrected chi connectivity index (χ1v) is 15.8. The standard InChI is InChI=1S/C44H28N2O/c1-2-11-34(12-3-1)44-45-40(28-41(46-44)37-17-8-13-31-10-4-5-14-35(31)37)33-26-22-30(23-27-33)29-20-24-32(25-21-29)36-16-9-18-39-38-15-6-7-19-42(38)47-43(36)39/h1-28H. The van der Waals surface area contributed by atoms with Crippen molar-refractivity contribution in [1.29, 1.82) is 0 Å². The lowest BCUT2D eigenvalue weighted by atomic mass is 9.97. The van der Waals surface area contributed by atoms with Gasteiger partial charge in [-0.1, -0.05) is 158 Å². The monoisotopic (exact) mass is 600 g/mol. The molecule has 0 aliphatic carbocycles. The van der Waals surface area contributed by atoms with Crippen LogP contribution in [0.15, 0.2) is 174 Å². The number of furan rings is 1. The molecule has 7 aromatic carbocycles. The van der Waals surface area contributed by atoms with Gasteiger partial charge >= 0.3 is 0 Å². The molecule has 9 aromatic rings. The van der Waals surface area contributed by atoms with E-state index in [1.807, 2.05) is 30.3 Å². The average molecular weight is 601 g/mol. The minimum Gasteiger partial charge on any atom is -0.455 e. The van der Waals surface area contributed by atoms with Crippen LogP contribution in [0.25, 0.3) is 88.9 Å². The number of rotatable bonds is 5. The van der Waals surface area contributed by atoms with Crippen LogP contribution in [0, 0.1) is 0 Å². The Morgan fingerprint density at radius 2 is 0.936 bits per heavy atom. The summed E-state index contributed by atoms with van der Waals surface area (Å²) in [6.07, 6.45) is 0. The fourth-order valence-electron chi connectivity index (χ4n) is 6.55. The molecule has 3 nitrogen and oxygen atoms in total. The van der Waals surface area contributed by atoms with Gasteiger partial charge in [0, 0.05) is 33.0 Å². The van der Waals surface area contributed by atoms with Crippen LogP contribution in [0.3, 0.4) is 0 Å². The van der Waals surface area contributed by atoms with Crippen LogP contribution in [-0.4, -0.2) is 9.97 Å². The van der Waals surface area contributed by atoms with Gasteiger partial charge in [-0.3, -0.25) is 0 Å². The second-order valence-corrected chi connectivity index (χ2v) is 11.8. The van der Waals surface area contributed by atoms with Crippen LogP contribution >= 0.6 is 0 Å². The molecule has 3 heteroatoms. The van der Waals surface area contributed by atoms with Crippen molar-refractivity contribution in [3.8, 4) is 56.2 Å². The summed E-state index contributed by atoms with van der Waals surface area (Å²) in [6.45, 7) is 0. The Balaban J connectivity index is 1.07. The number of benzene rings is 7. The molecule has 9 rings (SSSR count). The highest BCUT2D eigenvalue weighted by atomic mass is 16.3. The SMILES string of the molecule is c1ccc(-c2nc(-c3ccc(-c4ccc(-c5cccc6c5oc5ccccc56)cc4)cc3)cc(-c3cccc4ccccc34)n2)cc1. The van der Waals surface area contributed by atoms with Crippen molar-refractivity contribution in [2.45, 2.75) is 0 Å². The Morgan fingerprint density at radius 1 is 0.362 bits per heavy atom. The Morgan fingerprint density at radius 3 is 1.74 bits per heavy atom. The lowest BCUT2D eigenvalue weighted by Gasteiger charge is -2.12. The number of fused-ring (bicyclic) bond motifs is 4. The fourth-order valence-corrected chi connectivity index (χ4v) is 6.55. The molecule has 2 heterocycles. The molecule has 0 saturated heterocycles. The summed E-state index contributed by atoms with van der Waals surface area (Å²) in [5.41, 5.74) is 11.3. The highest BCUT2D eigenvalue weighted by molar-refractivity contribution is 6.09. The van der Waals surface area contributed by atoms with Gasteiger partial charge in [0.2, 0.25) is 0 Å². The van der Waals surface area contributed by atoms with E-state index in [9.17, 15) is 0 Å². The normalized spacial score (nSPS) is 11.4. The predicted molar refractivity (Wildman–Crippen MR) is 194 cm³/mol. The highest BCUT2D eigenvalue weighted by Crippen LogP contribution is 2.37. The summed E-state index contributed by atoms with van der Waals surface area (Å²) in [4.78, 5) is 10.1. The molecule has 0 radical (unpaired) electrons. The molecule has 2 aromatic heterocycles. The first-order valence-electron chi connectivity index (χ1n) is 15.8. The zero-order valence-corrected chi connectivity index (χ0v) is 25.5. The molecule has 220 valence electrons. The molecular formula is C44H28N2O. The van der Waals surface area contributed by atoms with E-state index < -0.39 is 0 Å². The molecule has 0 aliphatic rings. The third-order valence-corrected chi connectivity index (χ3v) is 8.94. The number of nitrogens with zero attached hydrogens (tertiary/aromatic N) is 2. The average Bonchev–Trinajstić information content (AvgIpc) is 3.54. The van der Waals surface area contributed by atoms with Crippen molar-refractivity contribution in [1.82, 2.24) is 9.97 Å². The molecule has 0 fully saturated rings. The second kappa shape index (κ2) is 11.2. The second-order valence-electron chi connectivity index (χ2n) is 11.8. The van der Waals surface area contributed by atoms with Crippen molar-refractivity contribution >= 4 is 32.7 Å². The maximum atomic E-state index is 6.29.